The minimum atomic E-state index is -1.17. The number of hydrogen-bond donors (Lipinski definition) is 2. The van der Waals surface area contributed by atoms with E-state index in [4.69, 9.17) is 16.7 Å². The molecular formula is C11H10ClNNaO3. The number of nitrogens with one attached hydrogen (secondary N) is 1. The van der Waals surface area contributed by atoms with Crippen LogP contribution in [0.25, 0.3) is 0 Å². The topological polar surface area (TPSA) is 66.4 Å². The zero-order chi connectivity index (χ0) is 12.1. The molecule has 0 aliphatic carbocycles. The first-order valence-corrected chi connectivity index (χ1v) is 4.85. The summed E-state index contributed by atoms with van der Waals surface area (Å²) < 4.78 is 0. The largest absolute Gasteiger partial charge is 0.478 e. The zero-order valence-electron chi connectivity index (χ0n) is 9.53. The Morgan fingerprint density at radius 3 is 2.53 bits per heavy atom. The van der Waals surface area contributed by atoms with Crippen LogP contribution >= 0.6 is 11.6 Å². The molecule has 1 radical (unpaired) electrons. The maximum atomic E-state index is 11.3. The third kappa shape index (κ3) is 5.37. The van der Waals surface area contributed by atoms with Crippen LogP contribution in [0.3, 0.4) is 0 Å². The number of aryl methyl sites for hydroxylation is 1. The Morgan fingerprint density at radius 1 is 1.35 bits per heavy atom. The van der Waals surface area contributed by atoms with E-state index in [0.717, 1.165) is 17.7 Å². The number of benzene rings is 1. The number of carbonyl (C=O) groups excluding carboxylic acids is 1. The third-order valence-corrected chi connectivity index (χ3v) is 2.16. The Bertz CT molecular complexity index is 440. The van der Waals surface area contributed by atoms with E-state index in [2.05, 4.69) is 5.32 Å². The van der Waals surface area contributed by atoms with Gasteiger partial charge in [-0.25, -0.2) is 4.79 Å². The quantitative estimate of drug-likeness (QED) is 0.645. The molecule has 0 saturated carbocycles. The van der Waals surface area contributed by atoms with Gasteiger partial charge in [0.2, 0.25) is 5.91 Å². The molecule has 1 rings (SSSR count). The zero-order valence-corrected chi connectivity index (χ0v) is 12.3. The van der Waals surface area contributed by atoms with E-state index in [1.165, 1.54) is 0 Å². The number of carboxylic acids is 1. The van der Waals surface area contributed by atoms with Crippen molar-refractivity contribution in [1.82, 2.24) is 0 Å². The van der Waals surface area contributed by atoms with Crippen LogP contribution in [0.1, 0.15) is 5.56 Å². The van der Waals surface area contributed by atoms with Crippen molar-refractivity contribution < 1.29 is 14.7 Å². The van der Waals surface area contributed by atoms with Gasteiger partial charge in [-0.3, -0.25) is 4.79 Å². The summed E-state index contributed by atoms with van der Waals surface area (Å²) in [5.41, 5.74) is 1.30. The summed E-state index contributed by atoms with van der Waals surface area (Å²) in [6.07, 6.45) is 1.70. The van der Waals surface area contributed by atoms with Crippen molar-refractivity contribution in [3.8, 4) is 0 Å². The minimum Gasteiger partial charge on any atom is -0.478 e. The molecule has 0 saturated heterocycles. The molecule has 17 heavy (non-hydrogen) atoms. The van der Waals surface area contributed by atoms with Crippen LogP contribution in [-0.4, -0.2) is 46.5 Å². The van der Waals surface area contributed by atoms with Gasteiger partial charge >= 0.3 is 5.97 Å². The number of carbonyl (C=O) groups is 2. The van der Waals surface area contributed by atoms with Gasteiger partial charge in [-0.1, -0.05) is 23.7 Å². The third-order valence-electron chi connectivity index (χ3n) is 1.85. The summed E-state index contributed by atoms with van der Waals surface area (Å²) in [7, 11) is 0. The summed E-state index contributed by atoms with van der Waals surface area (Å²) >= 11 is 5.88. The molecule has 0 aliphatic rings. The SMILES string of the molecule is Cc1cccc(Cl)c1NC(=O)/C=C/C(=O)O.[Na]. The van der Waals surface area contributed by atoms with Gasteiger partial charge in [0.05, 0.1) is 10.7 Å². The first-order valence-electron chi connectivity index (χ1n) is 4.48. The van der Waals surface area contributed by atoms with Gasteiger partial charge in [0.1, 0.15) is 0 Å². The van der Waals surface area contributed by atoms with Crippen LogP contribution in [0.2, 0.25) is 5.02 Å². The second kappa shape index (κ2) is 7.50. The van der Waals surface area contributed by atoms with Gasteiger partial charge in [-0.2, -0.15) is 0 Å². The summed E-state index contributed by atoms with van der Waals surface area (Å²) in [6, 6.07) is 5.20. The van der Waals surface area contributed by atoms with Crippen LogP contribution < -0.4 is 5.32 Å². The van der Waals surface area contributed by atoms with Gasteiger partial charge in [-0.05, 0) is 18.6 Å². The molecule has 0 aliphatic heterocycles. The van der Waals surface area contributed by atoms with E-state index >= 15 is 0 Å². The average molecular weight is 263 g/mol. The average Bonchev–Trinajstić information content (AvgIpc) is 2.21. The summed E-state index contributed by atoms with van der Waals surface area (Å²) in [5, 5.41) is 11.3. The summed E-state index contributed by atoms with van der Waals surface area (Å²) in [5.74, 6) is -1.70. The number of aliphatic carboxylic acids is 1. The predicted octanol–water partition coefficient (Wildman–Crippen LogP) is 1.85. The van der Waals surface area contributed by atoms with Gasteiger partial charge < -0.3 is 10.4 Å². The molecule has 0 fully saturated rings. The van der Waals surface area contributed by atoms with Crippen molar-refractivity contribution in [3.05, 3.63) is 40.9 Å². The van der Waals surface area contributed by atoms with E-state index in [0.29, 0.717) is 10.7 Å². The number of anilines is 1. The molecular weight excluding hydrogens is 253 g/mol. The fourth-order valence-corrected chi connectivity index (χ4v) is 1.37. The molecule has 4 nitrogen and oxygen atoms in total. The number of carboxylic acid groups (broad SMARTS) is 1. The minimum absolute atomic E-state index is 0. The second-order valence-electron chi connectivity index (χ2n) is 3.09. The first-order chi connectivity index (χ1) is 7.50. The smallest absolute Gasteiger partial charge is 0.328 e. The molecule has 1 aromatic rings. The molecule has 1 aromatic carbocycles. The normalized spacial score (nSPS) is 9.76. The number of amides is 1. The molecule has 2 N–H and O–H groups in total. The molecule has 0 aromatic heterocycles. The molecule has 1 amide bonds. The van der Waals surface area contributed by atoms with Crippen molar-refractivity contribution in [2.75, 3.05) is 5.32 Å². The Morgan fingerprint density at radius 2 is 2.00 bits per heavy atom. The van der Waals surface area contributed by atoms with Gasteiger partial charge in [0, 0.05) is 41.7 Å². The molecule has 0 atom stereocenters. The Balaban J connectivity index is 0.00000256. The maximum Gasteiger partial charge on any atom is 0.328 e. The summed E-state index contributed by atoms with van der Waals surface area (Å²) in [6.45, 7) is 1.79. The molecule has 0 spiro atoms. The predicted molar refractivity (Wildman–Crippen MR) is 67.3 cm³/mol. The number of halogens is 1. The summed E-state index contributed by atoms with van der Waals surface area (Å²) in [4.78, 5) is 21.5. The van der Waals surface area contributed by atoms with E-state index < -0.39 is 11.9 Å². The van der Waals surface area contributed by atoms with Crippen LogP contribution in [0.4, 0.5) is 5.69 Å². The van der Waals surface area contributed by atoms with Crippen molar-refractivity contribution in [3.63, 3.8) is 0 Å². The number of hydrogen-bond acceptors (Lipinski definition) is 2. The van der Waals surface area contributed by atoms with Gasteiger partial charge in [0.25, 0.3) is 0 Å². The van der Waals surface area contributed by atoms with E-state index in [-0.39, 0.29) is 29.6 Å². The molecule has 0 heterocycles. The van der Waals surface area contributed by atoms with Crippen LogP contribution in [-0.2, 0) is 9.59 Å². The number of para-hydroxylation sites is 1. The van der Waals surface area contributed by atoms with E-state index in [1.807, 2.05) is 0 Å². The standard InChI is InChI=1S/C11H10ClNO3.Na/c1-7-3-2-4-8(12)11(7)13-9(14)5-6-10(15)16;/h2-6H,1H3,(H,13,14)(H,15,16);/b6-5+;. The molecule has 6 heteroatoms. The number of rotatable bonds is 3. The Labute approximate surface area is 126 Å². The van der Waals surface area contributed by atoms with E-state index in [1.54, 1.807) is 25.1 Å². The second-order valence-corrected chi connectivity index (χ2v) is 3.50. The van der Waals surface area contributed by atoms with Crippen LogP contribution in [0.15, 0.2) is 30.4 Å². The Kier molecular flexibility index (Phi) is 7.15. The van der Waals surface area contributed by atoms with Crippen molar-refractivity contribution >= 4 is 58.7 Å². The van der Waals surface area contributed by atoms with Crippen molar-refractivity contribution in [2.45, 2.75) is 6.92 Å². The van der Waals surface area contributed by atoms with Crippen LogP contribution in [0.5, 0.6) is 0 Å². The fraction of sp³-hybridized carbons (Fsp3) is 0.0909. The van der Waals surface area contributed by atoms with Gasteiger partial charge in [-0.15, -0.1) is 0 Å². The van der Waals surface area contributed by atoms with Crippen molar-refractivity contribution in [1.29, 1.82) is 0 Å². The molecule has 85 valence electrons. The fourth-order valence-electron chi connectivity index (χ4n) is 1.10. The van der Waals surface area contributed by atoms with Gasteiger partial charge in [0.15, 0.2) is 0 Å². The van der Waals surface area contributed by atoms with Crippen LogP contribution in [0, 0.1) is 6.92 Å². The first kappa shape index (κ1) is 16.2. The van der Waals surface area contributed by atoms with E-state index in [9.17, 15) is 9.59 Å². The molecule has 0 bridgehead atoms. The monoisotopic (exact) mass is 262 g/mol. The maximum absolute atomic E-state index is 11.3. The Hall–Kier alpha value is -0.810. The van der Waals surface area contributed by atoms with Crippen molar-refractivity contribution in [2.24, 2.45) is 0 Å². The molecule has 0 unspecified atom stereocenters.